The molecule has 0 radical (unpaired) electrons. The number of ether oxygens (including phenoxy) is 1. The molecule has 0 heterocycles. The van der Waals surface area contributed by atoms with Crippen LogP contribution in [0.2, 0.25) is 0 Å². The lowest BCUT2D eigenvalue weighted by Crippen LogP contribution is -2.16. The number of hydrogen-bond donors (Lipinski definition) is 1. The van der Waals surface area contributed by atoms with Crippen molar-refractivity contribution in [3.8, 4) is 5.75 Å². The SMILES string of the molecule is CCCCC(=O)NN=Cc1cc(Br)ccc1OC. The van der Waals surface area contributed by atoms with E-state index in [4.69, 9.17) is 4.74 Å². The number of benzene rings is 1. The van der Waals surface area contributed by atoms with Crippen molar-refractivity contribution in [2.45, 2.75) is 26.2 Å². The molecule has 0 aliphatic heterocycles. The Kier molecular flexibility index (Phi) is 6.43. The predicted octanol–water partition coefficient (Wildman–Crippen LogP) is 3.10. The highest BCUT2D eigenvalue weighted by Gasteiger charge is 2.01. The van der Waals surface area contributed by atoms with E-state index < -0.39 is 0 Å². The minimum absolute atomic E-state index is 0.0675. The van der Waals surface area contributed by atoms with Crippen LogP contribution in [0.1, 0.15) is 31.7 Å². The zero-order valence-corrected chi connectivity index (χ0v) is 12.2. The summed E-state index contributed by atoms with van der Waals surface area (Å²) in [6, 6.07) is 5.60. The molecule has 0 saturated heterocycles. The standard InChI is InChI=1S/C13H17BrN2O2/c1-3-4-5-13(17)16-15-9-10-8-11(14)6-7-12(10)18-2/h6-9H,3-5H2,1-2H3,(H,16,17). The van der Waals surface area contributed by atoms with Crippen LogP contribution >= 0.6 is 15.9 Å². The van der Waals surface area contributed by atoms with E-state index in [0.717, 1.165) is 22.9 Å². The molecule has 0 aromatic heterocycles. The van der Waals surface area contributed by atoms with E-state index in [2.05, 4.69) is 26.5 Å². The zero-order chi connectivity index (χ0) is 13.4. The Morgan fingerprint density at radius 2 is 2.33 bits per heavy atom. The fourth-order valence-electron chi connectivity index (χ4n) is 1.37. The van der Waals surface area contributed by atoms with E-state index >= 15 is 0 Å². The number of unbranched alkanes of at least 4 members (excludes halogenated alkanes) is 1. The van der Waals surface area contributed by atoms with Crippen molar-refractivity contribution in [1.82, 2.24) is 5.43 Å². The Labute approximate surface area is 116 Å². The molecule has 1 rings (SSSR count). The van der Waals surface area contributed by atoms with Crippen molar-refractivity contribution in [3.63, 3.8) is 0 Å². The van der Waals surface area contributed by atoms with Gasteiger partial charge in [0.2, 0.25) is 5.91 Å². The van der Waals surface area contributed by atoms with Gasteiger partial charge >= 0.3 is 0 Å². The largest absolute Gasteiger partial charge is 0.496 e. The van der Waals surface area contributed by atoms with E-state index in [1.54, 1.807) is 13.3 Å². The van der Waals surface area contributed by atoms with Crippen LogP contribution in [0.15, 0.2) is 27.8 Å². The molecule has 0 aliphatic rings. The molecular weight excluding hydrogens is 296 g/mol. The van der Waals surface area contributed by atoms with Gasteiger partial charge in [-0.1, -0.05) is 29.3 Å². The lowest BCUT2D eigenvalue weighted by molar-refractivity contribution is -0.121. The quantitative estimate of drug-likeness (QED) is 0.648. The summed E-state index contributed by atoms with van der Waals surface area (Å²) < 4.78 is 6.13. The summed E-state index contributed by atoms with van der Waals surface area (Å²) in [5, 5.41) is 3.92. The minimum atomic E-state index is -0.0675. The monoisotopic (exact) mass is 312 g/mol. The smallest absolute Gasteiger partial charge is 0.240 e. The number of carbonyl (C=O) groups excluding carboxylic acids is 1. The van der Waals surface area contributed by atoms with E-state index in [-0.39, 0.29) is 5.91 Å². The second kappa shape index (κ2) is 7.87. The van der Waals surface area contributed by atoms with E-state index in [1.807, 2.05) is 25.1 Å². The molecular formula is C13H17BrN2O2. The summed E-state index contributed by atoms with van der Waals surface area (Å²) >= 11 is 3.38. The number of rotatable bonds is 6. The Balaban J connectivity index is 2.61. The highest BCUT2D eigenvalue weighted by Crippen LogP contribution is 2.21. The topological polar surface area (TPSA) is 50.7 Å². The van der Waals surface area contributed by atoms with Gasteiger partial charge in [-0.05, 0) is 24.6 Å². The van der Waals surface area contributed by atoms with Crippen LogP contribution in [0.25, 0.3) is 0 Å². The molecule has 0 bridgehead atoms. The lowest BCUT2D eigenvalue weighted by Gasteiger charge is -2.04. The van der Waals surface area contributed by atoms with Crippen LogP contribution in [-0.2, 0) is 4.79 Å². The van der Waals surface area contributed by atoms with E-state index in [1.165, 1.54) is 0 Å². The van der Waals surface area contributed by atoms with Gasteiger partial charge in [-0.2, -0.15) is 5.10 Å². The highest BCUT2D eigenvalue weighted by molar-refractivity contribution is 9.10. The molecule has 0 fully saturated rings. The summed E-state index contributed by atoms with van der Waals surface area (Å²) in [4.78, 5) is 11.3. The maximum absolute atomic E-state index is 11.3. The molecule has 0 atom stereocenters. The molecule has 1 aromatic rings. The summed E-state index contributed by atoms with van der Waals surface area (Å²) in [7, 11) is 1.60. The van der Waals surface area contributed by atoms with E-state index in [9.17, 15) is 4.79 Å². The Morgan fingerprint density at radius 3 is 3.00 bits per heavy atom. The molecule has 0 saturated carbocycles. The third-order valence-corrected chi connectivity index (χ3v) is 2.84. The fraction of sp³-hybridized carbons (Fsp3) is 0.385. The van der Waals surface area contributed by atoms with E-state index in [0.29, 0.717) is 12.2 Å². The third kappa shape index (κ3) is 4.87. The normalized spacial score (nSPS) is 10.6. The van der Waals surface area contributed by atoms with Gasteiger partial charge in [0, 0.05) is 16.5 Å². The first-order valence-corrected chi connectivity index (χ1v) is 6.62. The summed E-state index contributed by atoms with van der Waals surface area (Å²) in [5.41, 5.74) is 3.30. The van der Waals surface area contributed by atoms with Crippen molar-refractivity contribution in [2.24, 2.45) is 5.10 Å². The van der Waals surface area contributed by atoms with Crippen molar-refractivity contribution in [1.29, 1.82) is 0 Å². The average Bonchev–Trinajstić information content (AvgIpc) is 2.36. The van der Waals surface area contributed by atoms with Crippen molar-refractivity contribution in [2.75, 3.05) is 7.11 Å². The molecule has 18 heavy (non-hydrogen) atoms. The molecule has 4 nitrogen and oxygen atoms in total. The number of hydrogen-bond acceptors (Lipinski definition) is 3. The second-order valence-corrected chi connectivity index (χ2v) is 4.70. The first kappa shape index (κ1) is 14.7. The van der Waals surface area contributed by atoms with Gasteiger partial charge in [-0.25, -0.2) is 5.43 Å². The van der Waals surface area contributed by atoms with Gasteiger partial charge in [-0.3, -0.25) is 4.79 Å². The van der Waals surface area contributed by atoms with Crippen LogP contribution in [0, 0.1) is 0 Å². The van der Waals surface area contributed by atoms with Crippen LogP contribution in [-0.4, -0.2) is 19.2 Å². The predicted molar refractivity (Wildman–Crippen MR) is 76.0 cm³/mol. The van der Waals surface area contributed by atoms with Crippen LogP contribution in [0.3, 0.4) is 0 Å². The molecule has 0 aliphatic carbocycles. The van der Waals surface area contributed by atoms with Gasteiger partial charge in [0.15, 0.2) is 0 Å². The number of methoxy groups -OCH3 is 1. The molecule has 1 amide bonds. The number of nitrogens with one attached hydrogen (secondary N) is 1. The molecule has 0 unspecified atom stereocenters. The lowest BCUT2D eigenvalue weighted by atomic mass is 10.2. The number of nitrogens with zero attached hydrogens (tertiary/aromatic N) is 1. The molecule has 0 spiro atoms. The Morgan fingerprint density at radius 1 is 1.56 bits per heavy atom. The molecule has 1 aromatic carbocycles. The third-order valence-electron chi connectivity index (χ3n) is 2.34. The first-order valence-electron chi connectivity index (χ1n) is 5.82. The summed E-state index contributed by atoms with van der Waals surface area (Å²) in [6.07, 6.45) is 3.95. The number of carbonyl (C=O) groups is 1. The van der Waals surface area contributed by atoms with Gasteiger partial charge in [0.05, 0.1) is 13.3 Å². The molecule has 5 heteroatoms. The average molecular weight is 313 g/mol. The van der Waals surface area contributed by atoms with Crippen molar-refractivity contribution >= 4 is 28.1 Å². The van der Waals surface area contributed by atoms with Crippen LogP contribution in [0.5, 0.6) is 5.75 Å². The van der Waals surface area contributed by atoms with Crippen LogP contribution < -0.4 is 10.2 Å². The van der Waals surface area contributed by atoms with Gasteiger partial charge in [-0.15, -0.1) is 0 Å². The fourth-order valence-corrected chi connectivity index (χ4v) is 1.75. The Hall–Kier alpha value is -1.36. The molecule has 1 N–H and O–H groups in total. The number of halogens is 1. The van der Waals surface area contributed by atoms with Crippen molar-refractivity contribution < 1.29 is 9.53 Å². The number of hydrazone groups is 1. The van der Waals surface area contributed by atoms with Gasteiger partial charge in [0.25, 0.3) is 0 Å². The highest BCUT2D eigenvalue weighted by atomic mass is 79.9. The maximum atomic E-state index is 11.3. The first-order chi connectivity index (χ1) is 8.67. The zero-order valence-electron chi connectivity index (χ0n) is 10.6. The van der Waals surface area contributed by atoms with Crippen LogP contribution in [0.4, 0.5) is 0 Å². The number of amides is 1. The molecule has 98 valence electrons. The summed E-state index contributed by atoms with van der Waals surface area (Å²) in [5.74, 6) is 0.645. The van der Waals surface area contributed by atoms with Crippen molar-refractivity contribution in [3.05, 3.63) is 28.2 Å². The Bertz CT molecular complexity index is 433. The van der Waals surface area contributed by atoms with Gasteiger partial charge in [0.1, 0.15) is 5.75 Å². The minimum Gasteiger partial charge on any atom is -0.496 e. The van der Waals surface area contributed by atoms with Gasteiger partial charge < -0.3 is 4.74 Å². The summed E-state index contributed by atoms with van der Waals surface area (Å²) in [6.45, 7) is 2.04. The maximum Gasteiger partial charge on any atom is 0.240 e. The second-order valence-electron chi connectivity index (χ2n) is 3.78.